The predicted octanol–water partition coefficient (Wildman–Crippen LogP) is 1.26. The summed E-state index contributed by atoms with van der Waals surface area (Å²) < 4.78 is 5.26. The molecule has 3 nitrogen and oxygen atoms in total. The first-order valence-corrected chi connectivity index (χ1v) is 3.33. The van der Waals surface area contributed by atoms with Crippen LogP contribution in [-0.4, -0.2) is 12.0 Å². The summed E-state index contributed by atoms with van der Waals surface area (Å²) in [5.41, 5.74) is 0. The van der Waals surface area contributed by atoms with Crippen LogP contribution in [0.25, 0.3) is 0 Å². The van der Waals surface area contributed by atoms with Gasteiger partial charge < -0.3 is 9.73 Å². The summed E-state index contributed by atoms with van der Waals surface area (Å²) in [5.74, 6) is 1.61. The van der Waals surface area contributed by atoms with Gasteiger partial charge in [0.05, 0.1) is 12.2 Å². The standard InChI is InChI=1S/C7H12N2O/c1-5(8-3)7-4-9-6(2)10-7/h4-5,8H,1-3H3. The quantitative estimate of drug-likeness (QED) is 0.672. The van der Waals surface area contributed by atoms with Crippen molar-refractivity contribution < 1.29 is 4.42 Å². The molecular formula is C7H12N2O. The highest BCUT2D eigenvalue weighted by atomic mass is 16.4. The van der Waals surface area contributed by atoms with Crippen molar-refractivity contribution in [2.75, 3.05) is 7.05 Å². The fourth-order valence-corrected chi connectivity index (χ4v) is 0.720. The number of oxazole rings is 1. The lowest BCUT2D eigenvalue weighted by Gasteiger charge is -2.03. The van der Waals surface area contributed by atoms with Crippen LogP contribution in [0.2, 0.25) is 0 Å². The van der Waals surface area contributed by atoms with Gasteiger partial charge in [-0.2, -0.15) is 0 Å². The summed E-state index contributed by atoms with van der Waals surface area (Å²) in [6, 6.07) is 0.251. The molecular weight excluding hydrogens is 128 g/mol. The predicted molar refractivity (Wildman–Crippen MR) is 38.7 cm³/mol. The van der Waals surface area contributed by atoms with E-state index in [1.165, 1.54) is 0 Å². The smallest absolute Gasteiger partial charge is 0.191 e. The van der Waals surface area contributed by atoms with Crippen LogP contribution in [0.1, 0.15) is 24.6 Å². The van der Waals surface area contributed by atoms with Gasteiger partial charge in [0.25, 0.3) is 0 Å². The van der Waals surface area contributed by atoms with Gasteiger partial charge in [0.15, 0.2) is 5.89 Å². The maximum Gasteiger partial charge on any atom is 0.191 e. The van der Waals surface area contributed by atoms with E-state index >= 15 is 0 Å². The maximum absolute atomic E-state index is 5.26. The Morgan fingerprint density at radius 2 is 2.40 bits per heavy atom. The molecule has 1 aromatic heterocycles. The summed E-state index contributed by atoms with van der Waals surface area (Å²) in [6.45, 7) is 3.87. The minimum Gasteiger partial charge on any atom is -0.444 e. The van der Waals surface area contributed by atoms with Crippen molar-refractivity contribution in [2.24, 2.45) is 0 Å². The van der Waals surface area contributed by atoms with E-state index in [1.54, 1.807) is 6.20 Å². The monoisotopic (exact) mass is 140 g/mol. The highest BCUT2D eigenvalue weighted by molar-refractivity contribution is 4.97. The highest BCUT2D eigenvalue weighted by Crippen LogP contribution is 2.11. The van der Waals surface area contributed by atoms with Crippen LogP contribution in [0, 0.1) is 6.92 Å². The molecule has 1 rings (SSSR count). The SMILES string of the molecule is CNC(C)c1cnc(C)o1. The Labute approximate surface area is 60.5 Å². The van der Waals surface area contributed by atoms with Gasteiger partial charge in [-0.15, -0.1) is 0 Å². The fourth-order valence-electron chi connectivity index (χ4n) is 0.720. The third kappa shape index (κ3) is 1.36. The summed E-state index contributed by atoms with van der Waals surface area (Å²) >= 11 is 0. The first-order valence-electron chi connectivity index (χ1n) is 3.33. The van der Waals surface area contributed by atoms with Crippen LogP contribution < -0.4 is 5.32 Å². The molecule has 1 unspecified atom stereocenters. The van der Waals surface area contributed by atoms with Crippen molar-refractivity contribution in [2.45, 2.75) is 19.9 Å². The molecule has 0 fully saturated rings. The number of rotatable bonds is 2. The molecule has 0 saturated carbocycles. The third-order valence-electron chi connectivity index (χ3n) is 1.50. The van der Waals surface area contributed by atoms with E-state index in [9.17, 15) is 0 Å². The second-order valence-electron chi connectivity index (χ2n) is 2.29. The van der Waals surface area contributed by atoms with Crippen molar-refractivity contribution >= 4 is 0 Å². The molecule has 1 heterocycles. The zero-order valence-corrected chi connectivity index (χ0v) is 6.51. The Bertz CT molecular complexity index is 207. The topological polar surface area (TPSA) is 38.1 Å². The molecule has 0 saturated heterocycles. The first-order chi connectivity index (χ1) is 4.74. The molecule has 1 N–H and O–H groups in total. The Morgan fingerprint density at radius 3 is 2.80 bits per heavy atom. The van der Waals surface area contributed by atoms with E-state index in [-0.39, 0.29) is 6.04 Å². The summed E-state index contributed by atoms with van der Waals surface area (Å²) in [7, 11) is 1.89. The molecule has 0 aromatic carbocycles. The highest BCUT2D eigenvalue weighted by Gasteiger charge is 2.06. The number of aromatic nitrogens is 1. The summed E-state index contributed by atoms with van der Waals surface area (Å²) in [4.78, 5) is 3.98. The lowest BCUT2D eigenvalue weighted by molar-refractivity contribution is 0.427. The summed E-state index contributed by atoms with van der Waals surface area (Å²) in [6.07, 6.45) is 1.75. The zero-order valence-electron chi connectivity index (χ0n) is 6.51. The normalized spacial score (nSPS) is 13.5. The van der Waals surface area contributed by atoms with Gasteiger partial charge >= 0.3 is 0 Å². The molecule has 0 bridgehead atoms. The number of nitrogens with zero attached hydrogens (tertiary/aromatic N) is 1. The number of aryl methyl sites for hydroxylation is 1. The molecule has 10 heavy (non-hydrogen) atoms. The van der Waals surface area contributed by atoms with Crippen molar-refractivity contribution in [3.05, 3.63) is 17.8 Å². The molecule has 3 heteroatoms. The summed E-state index contributed by atoms with van der Waals surface area (Å²) in [5, 5.41) is 3.06. The van der Waals surface area contributed by atoms with Crippen LogP contribution in [-0.2, 0) is 0 Å². The molecule has 0 spiro atoms. The van der Waals surface area contributed by atoms with Gasteiger partial charge in [0, 0.05) is 6.92 Å². The van der Waals surface area contributed by atoms with E-state index in [0.717, 1.165) is 11.7 Å². The van der Waals surface area contributed by atoms with Gasteiger partial charge in [-0.25, -0.2) is 4.98 Å². The first kappa shape index (κ1) is 7.28. The van der Waals surface area contributed by atoms with Gasteiger partial charge in [-0.3, -0.25) is 0 Å². The largest absolute Gasteiger partial charge is 0.444 e. The van der Waals surface area contributed by atoms with Crippen LogP contribution in [0.15, 0.2) is 10.6 Å². The molecule has 0 aliphatic rings. The molecule has 0 aliphatic heterocycles. The van der Waals surface area contributed by atoms with Crippen molar-refractivity contribution in [3.63, 3.8) is 0 Å². The molecule has 0 amide bonds. The van der Waals surface area contributed by atoms with Crippen LogP contribution in [0.4, 0.5) is 0 Å². The molecule has 1 aromatic rings. The zero-order chi connectivity index (χ0) is 7.56. The molecule has 56 valence electrons. The maximum atomic E-state index is 5.26. The Kier molecular flexibility index (Phi) is 2.06. The fraction of sp³-hybridized carbons (Fsp3) is 0.571. The van der Waals surface area contributed by atoms with E-state index in [2.05, 4.69) is 10.3 Å². The molecule has 1 atom stereocenters. The van der Waals surface area contributed by atoms with Crippen LogP contribution in [0.5, 0.6) is 0 Å². The Hall–Kier alpha value is -0.830. The third-order valence-corrected chi connectivity index (χ3v) is 1.50. The minimum atomic E-state index is 0.251. The van der Waals surface area contributed by atoms with Gasteiger partial charge in [-0.1, -0.05) is 0 Å². The minimum absolute atomic E-state index is 0.251. The van der Waals surface area contributed by atoms with Crippen LogP contribution >= 0.6 is 0 Å². The van der Waals surface area contributed by atoms with Gasteiger partial charge in [0.2, 0.25) is 0 Å². The second-order valence-corrected chi connectivity index (χ2v) is 2.29. The Morgan fingerprint density at radius 1 is 1.70 bits per heavy atom. The van der Waals surface area contributed by atoms with E-state index < -0.39 is 0 Å². The van der Waals surface area contributed by atoms with Crippen molar-refractivity contribution in [1.82, 2.24) is 10.3 Å². The average Bonchev–Trinajstić information content (AvgIpc) is 2.34. The molecule has 0 aliphatic carbocycles. The second kappa shape index (κ2) is 2.84. The van der Waals surface area contributed by atoms with E-state index in [0.29, 0.717) is 0 Å². The average molecular weight is 140 g/mol. The van der Waals surface area contributed by atoms with Crippen molar-refractivity contribution in [3.8, 4) is 0 Å². The Balaban J connectivity index is 2.74. The van der Waals surface area contributed by atoms with Gasteiger partial charge in [-0.05, 0) is 14.0 Å². The van der Waals surface area contributed by atoms with Crippen LogP contribution in [0.3, 0.4) is 0 Å². The van der Waals surface area contributed by atoms with Crippen molar-refractivity contribution in [1.29, 1.82) is 0 Å². The lowest BCUT2D eigenvalue weighted by atomic mass is 10.3. The lowest BCUT2D eigenvalue weighted by Crippen LogP contribution is -2.11. The van der Waals surface area contributed by atoms with E-state index in [4.69, 9.17) is 4.42 Å². The molecule has 0 radical (unpaired) electrons. The number of hydrogen-bond donors (Lipinski definition) is 1. The van der Waals surface area contributed by atoms with Gasteiger partial charge in [0.1, 0.15) is 5.76 Å². The number of hydrogen-bond acceptors (Lipinski definition) is 3. The van der Waals surface area contributed by atoms with E-state index in [1.807, 2.05) is 20.9 Å². The number of nitrogens with one attached hydrogen (secondary N) is 1.